The van der Waals surface area contributed by atoms with Crippen LogP contribution >= 0.6 is 15.9 Å². The van der Waals surface area contributed by atoms with E-state index in [1.807, 2.05) is 12.2 Å². The second-order valence-electron chi connectivity index (χ2n) is 2.80. The number of H-pyrrole nitrogens is 1. The number of nitrogens with one attached hydrogen (secondary N) is 1. The van der Waals surface area contributed by atoms with Crippen molar-refractivity contribution < 1.29 is 0 Å². The number of hydrogen-bond donors (Lipinski definition) is 1. The van der Waals surface area contributed by atoms with E-state index in [2.05, 4.69) is 26.1 Å². The Labute approximate surface area is 83.1 Å². The van der Waals surface area contributed by atoms with Gasteiger partial charge in [0.25, 0.3) is 0 Å². The first kappa shape index (κ1) is 8.50. The lowest BCUT2D eigenvalue weighted by Crippen LogP contribution is -2.16. The Morgan fingerprint density at radius 2 is 2.31 bits per heavy atom. The van der Waals surface area contributed by atoms with Gasteiger partial charge in [0.1, 0.15) is 6.33 Å². The monoisotopic (exact) mass is 241 g/mol. The molecule has 13 heavy (non-hydrogen) atoms. The Morgan fingerprint density at radius 3 is 2.85 bits per heavy atom. The van der Waals surface area contributed by atoms with Crippen LogP contribution in [0.5, 0.6) is 0 Å². The van der Waals surface area contributed by atoms with E-state index in [0.29, 0.717) is 0 Å². The summed E-state index contributed by atoms with van der Waals surface area (Å²) >= 11 is 3.40. The summed E-state index contributed by atoms with van der Waals surface area (Å²) in [7, 11) is 0. The highest BCUT2D eigenvalue weighted by atomic mass is 79.9. The van der Waals surface area contributed by atoms with Crippen LogP contribution in [0.3, 0.4) is 0 Å². The standard InChI is InChI=1S/C8H8BrN3O/c9-6-1-3-7(4-2-6)12-5-10-11-8(12)13/h1,3,5H,2,4H2,(H,11,13). The SMILES string of the molecule is O=c1[nH]ncn1C1=CC=C(Br)CC1. The second kappa shape index (κ2) is 3.33. The molecule has 0 unspecified atom stereocenters. The number of aromatic nitrogens is 3. The van der Waals surface area contributed by atoms with Gasteiger partial charge in [-0.3, -0.25) is 4.57 Å². The van der Waals surface area contributed by atoms with E-state index in [9.17, 15) is 4.79 Å². The third-order valence-electron chi connectivity index (χ3n) is 1.94. The fraction of sp³-hybridized carbons (Fsp3) is 0.250. The fourth-order valence-corrected chi connectivity index (χ4v) is 1.58. The average Bonchev–Trinajstić information content (AvgIpc) is 2.53. The van der Waals surface area contributed by atoms with Gasteiger partial charge in [0.2, 0.25) is 0 Å². The molecule has 0 aliphatic heterocycles. The maximum Gasteiger partial charge on any atom is 0.347 e. The largest absolute Gasteiger partial charge is 0.347 e. The van der Waals surface area contributed by atoms with Crippen molar-refractivity contribution in [3.8, 4) is 0 Å². The predicted octanol–water partition coefficient (Wildman–Crippen LogP) is 1.48. The van der Waals surface area contributed by atoms with Crippen molar-refractivity contribution >= 4 is 21.6 Å². The molecule has 0 radical (unpaired) electrons. The van der Waals surface area contributed by atoms with Crippen LogP contribution < -0.4 is 5.69 Å². The van der Waals surface area contributed by atoms with Crippen LogP contribution in [0.25, 0.3) is 5.70 Å². The van der Waals surface area contributed by atoms with E-state index >= 15 is 0 Å². The molecule has 0 saturated heterocycles. The molecule has 4 nitrogen and oxygen atoms in total. The van der Waals surface area contributed by atoms with Crippen LogP contribution in [0.4, 0.5) is 0 Å². The molecule has 1 N–H and O–H groups in total. The van der Waals surface area contributed by atoms with E-state index in [0.717, 1.165) is 23.0 Å². The Bertz CT molecular complexity index is 427. The molecule has 0 aromatic carbocycles. The third kappa shape index (κ3) is 1.65. The van der Waals surface area contributed by atoms with Gasteiger partial charge in [0.15, 0.2) is 0 Å². The molecule has 0 saturated carbocycles. The lowest BCUT2D eigenvalue weighted by Gasteiger charge is -2.09. The lowest BCUT2D eigenvalue weighted by molar-refractivity contribution is 0.904. The first-order valence-corrected chi connectivity index (χ1v) is 4.74. The molecule has 5 heteroatoms. The van der Waals surface area contributed by atoms with Gasteiger partial charge in [-0.25, -0.2) is 9.89 Å². The van der Waals surface area contributed by atoms with Crippen LogP contribution in [0.15, 0.2) is 27.8 Å². The zero-order valence-corrected chi connectivity index (χ0v) is 8.41. The molecular weight excluding hydrogens is 234 g/mol. The maximum absolute atomic E-state index is 11.2. The van der Waals surface area contributed by atoms with Gasteiger partial charge in [-0.15, -0.1) is 0 Å². The number of halogens is 1. The summed E-state index contributed by atoms with van der Waals surface area (Å²) in [6, 6.07) is 0. The smallest absolute Gasteiger partial charge is 0.254 e. The molecule has 1 aromatic rings. The highest BCUT2D eigenvalue weighted by molar-refractivity contribution is 9.11. The molecule has 68 valence electrons. The topological polar surface area (TPSA) is 50.7 Å². The summed E-state index contributed by atoms with van der Waals surface area (Å²) in [4.78, 5) is 11.2. The Kier molecular flexibility index (Phi) is 2.18. The summed E-state index contributed by atoms with van der Waals surface area (Å²) in [5.74, 6) is 0. The molecule has 1 aliphatic carbocycles. The van der Waals surface area contributed by atoms with Gasteiger partial charge in [0, 0.05) is 5.70 Å². The van der Waals surface area contributed by atoms with Crippen molar-refractivity contribution in [1.29, 1.82) is 0 Å². The van der Waals surface area contributed by atoms with Crippen molar-refractivity contribution in [1.82, 2.24) is 14.8 Å². The molecule has 0 bridgehead atoms. The van der Waals surface area contributed by atoms with E-state index < -0.39 is 0 Å². The van der Waals surface area contributed by atoms with E-state index in [1.54, 1.807) is 0 Å². The molecule has 0 spiro atoms. The highest BCUT2D eigenvalue weighted by Gasteiger charge is 2.07. The Balaban J connectivity index is 2.39. The summed E-state index contributed by atoms with van der Waals surface area (Å²) in [5, 5.41) is 6.03. The number of allylic oxidation sites excluding steroid dienone is 4. The van der Waals surface area contributed by atoms with Crippen molar-refractivity contribution in [2.75, 3.05) is 0 Å². The number of aromatic amines is 1. The Morgan fingerprint density at radius 1 is 1.46 bits per heavy atom. The summed E-state index contributed by atoms with van der Waals surface area (Å²) in [6.07, 6.45) is 7.17. The van der Waals surface area contributed by atoms with Gasteiger partial charge >= 0.3 is 5.69 Å². The molecule has 1 aromatic heterocycles. The minimum Gasteiger partial charge on any atom is -0.254 e. The second-order valence-corrected chi connectivity index (χ2v) is 3.82. The fourth-order valence-electron chi connectivity index (χ4n) is 1.25. The van der Waals surface area contributed by atoms with Crippen molar-refractivity contribution in [2.24, 2.45) is 0 Å². The highest BCUT2D eigenvalue weighted by Crippen LogP contribution is 2.23. The lowest BCUT2D eigenvalue weighted by atomic mass is 10.1. The quantitative estimate of drug-likeness (QED) is 0.810. The van der Waals surface area contributed by atoms with Gasteiger partial charge in [-0.05, 0) is 23.4 Å². The minimum absolute atomic E-state index is 0.183. The van der Waals surface area contributed by atoms with Crippen LogP contribution in [0.2, 0.25) is 0 Å². The van der Waals surface area contributed by atoms with Crippen molar-refractivity contribution in [3.63, 3.8) is 0 Å². The molecule has 0 amide bonds. The number of rotatable bonds is 1. The Hall–Kier alpha value is -1.10. The van der Waals surface area contributed by atoms with Gasteiger partial charge in [-0.1, -0.05) is 22.0 Å². The first-order chi connectivity index (χ1) is 6.27. The third-order valence-corrected chi connectivity index (χ3v) is 2.60. The molecule has 2 rings (SSSR count). The number of nitrogens with zero attached hydrogens (tertiary/aromatic N) is 2. The molecule has 0 atom stereocenters. The summed E-state index contributed by atoms with van der Waals surface area (Å²) < 4.78 is 2.68. The minimum atomic E-state index is -0.183. The molecule has 1 heterocycles. The first-order valence-electron chi connectivity index (χ1n) is 3.95. The van der Waals surface area contributed by atoms with Crippen molar-refractivity contribution in [2.45, 2.75) is 12.8 Å². The van der Waals surface area contributed by atoms with Crippen LogP contribution in [-0.4, -0.2) is 14.8 Å². The molecular formula is C8H8BrN3O. The molecule has 0 fully saturated rings. The van der Waals surface area contributed by atoms with E-state index in [-0.39, 0.29) is 5.69 Å². The number of hydrogen-bond acceptors (Lipinski definition) is 2. The zero-order valence-electron chi connectivity index (χ0n) is 6.83. The van der Waals surface area contributed by atoms with Crippen LogP contribution in [-0.2, 0) is 0 Å². The van der Waals surface area contributed by atoms with Crippen LogP contribution in [0, 0.1) is 0 Å². The summed E-state index contributed by atoms with van der Waals surface area (Å²) in [5.41, 5.74) is 0.791. The normalized spacial score (nSPS) is 16.7. The average molecular weight is 242 g/mol. The van der Waals surface area contributed by atoms with Crippen molar-refractivity contribution in [3.05, 3.63) is 33.4 Å². The summed E-state index contributed by atoms with van der Waals surface area (Å²) in [6.45, 7) is 0. The van der Waals surface area contributed by atoms with E-state index in [1.165, 1.54) is 10.9 Å². The maximum atomic E-state index is 11.2. The molecule has 1 aliphatic rings. The zero-order chi connectivity index (χ0) is 9.26. The van der Waals surface area contributed by atoms with Gasteiger partial charge in [-0.2, -0.15) is 5.10 Å². The van der Waals surface area contributed by atoms with Crippen LogP contribution in [0.1, 0.15) is 12.8 Å². The van der Waals surface area contributed by atoms with Gasteiger partial charge < -0.3 is 0 Å². The predicted molar refractivity (Wildman–Crippen MR) is 53.4 cm³/mol. The van der Waals surface area contributed by atoms with E-state index in [4.69, 9.17) is 0 Å². The van der Waals surface area contributed by atoms with Gasteiger partial charge in [0.05, 0.1) is 0 Å².